The Kier molecular flexibility index (Phi) is 6.77. The molecule has 2 aromatic carbocycles. The van der Waals surface area contributed by atoms with Crippen LogP contribution >= 0.6 is 0 Å². The monoisotopic (exact) mass is 419 g/mol. The highest BCUT2D eigenvalue weighted by atomic mass is 19.4. The number of alkyl halides is 3. The molecule has 0 unspecified atom stereocenters. The number of rotatable bonds is 8. The number of hydrogen-bond acceptors (Lipinski definition) is 3. The molecule has 5 nitrogen and oxygen atoms in total. The molecule has 30 heavy (non-hydrogen) atoms. The third kappa shape index (κ3) is 6.06. The van der Waals surface area contributed by atoms with E-state index in [9.17, 15) is 22.8 Å². The van der Waals surface area contributed by atoms with Gasteiger partial charge in [0.25, 0.3) is 5.91 Å². The Labute approximate surface area is 173 Å². The lowest BCUT2D eigenvalue weighted by atomic mass is 10.1. The molecule has 0 aliphatic heterocycles. The van der Waals surface area contributed by atoms with Crippen molar-refractivity contribution in [3.8, 4) is 0 Å². The number of benzene rings is 2. The van der Waals surface area contributed by atoms with Crippen LogP contribution < -0.4 is 10.6 Å². The third-order valence-corrected chi connectivity index (χ3v) is 4.82. The molecule has 160 valence electrons. The van der Waals surface area contributed by atoms with E-state index in [4.69, 9.17) is 0 Å². The van der Waals surface area contributed by atoms with Crippen LogP contribution in [0, 0.1) is 0 Å². The Morgan fingerprint density at radius 3 is 2.40 bits per heavy atom. The third-order valence-electron chi connectivity index (χ3n) is 4.82. The highest BCUT2D eigenvalue weighted by Crippen LogP contribution is 2.31. The molecule has 0 heterocycles. The van der Waals surface area contributed by atoms with Gasteiger partial charge in [0.15, 0.2) is 0 Å². The second-order valence-corrected chi connectivity index (χ2v) is 7.32. The van der Waals surface area contributed by atoms with Crippen LogP contribution in [0.3, 0.4) is 0 Å². The Hall–Kier alpha value is -2.87. The molecular formula is C22H24F3N3O2. The molecule has 1 aliphatic carbocycles. The fourth-order valence-corrected chi connectivity index (χ4v) is 3.17. The van der Waals surface area contributed by atoms with Crippen molar-refractivity contribution in [1.82, 2.24) is 10.2 Å². The zero-order valence-electron chi connectivity index (χ0n) is 16.6. The number of carbonyl (C=O) groups excluding carboxylic acids is 2. The maximum absolute atomic E-state index is 12.7. The maximum atomic E-state index is 12.7. The van der Waals surface area contributed by atoms with Crippen LogP contribution in [0.5, 0.6) is 0 Å². The summed E-state index contributed by atoms with van der Waals surface area (Å²) >= 11 is 0. The van der Waals surface area contributed by atoms with E-state index >= 15 is 0 Å². The lowest BCUT2D eigenvalue weighted by Crippen LogP contribution is -2.34. The van der Waals surface area contributed by atoms with Crippen molar-refractivity contribution >= 4 is 17.5 Å². The van der Waals surface area contributed by atoms with Crippen molar-refractivity contribution in [3.63, 3.8) is 0 Å². The van der Waals surface area contributed by atoms with Crippen LogP contribution in [0.1, 0.15) is 41.3 Å². The molecule has 0 atom stereocenters. The molecule has 2 amide bonds. The minimum absolute atomic E-state index is 0.122. The highest BCUT2D eigenvalue weighted by Gasteiger charge is 2.32. The molecule has 3 rings (SSSR count). The minimum atomic E-state index is -4.36. The van der Waals surface area contributed by atoms with Crippen LogP contribution in [0.25, 0.3) is 0 Å². The average molecular weight is 419 g/mol. The van der Waals surface area contributed by atoms with Gasteiger partial charge < -0.3 is 10.6 Å². The molecule has 2 aromatic rings. The van der Waals surface area contributed by atoms with Gasteiger partial charge in [0, 0.05) is 30.4 Å². The van der Waals surface area contributed by atoms with Gasteiger partial charge >= 0.3 is 6.18 Å². The van der Waals surface area contributed by atoms with Gasteiger partial charge in [-0.05, 0) is 55.7 Å². The number of amides is 2. The predicted molar refractivity (Wildman–Crippen MR) is 108 cm³/mol. The Bertz CT molecular complexity index is 893. The summed E-state index contributed by atoms with van der Waals surface area (Å²) in [5, 5.41) is 5.51. The van der Waals surface area contributed by atoms with Gasteiger partial charge in [-0.25, -0.2) is 0 Å². The molecule has 0 radical (unpaired) electrons. The van der Waals surface area contributed by atoms with Gasteiger partial charge in [-0.15, -0.1) is 0 Å². The smallest absolute Gasteiger partial charge is 0.352 e. The first-order valence-electron chi connectivity index (χ1n) is 9.84. The second kappa shape index (κ2) is 9.30. The van der Waals surface area contributed by atoms with Crippen molar-refractivity contribution in [2.75, 3.05) is 18.4 Å². The SMILES string of the molecule is CCNC(=O)c1cccc(NC(=O)CN(Cc2ccc(C(F)(F)F)cc2)C2CC2)c1. The Balaban J connectivity index is 1.61. The van der Waals surface area contributed by atoms with Crippen molar-refractivity contribution in [2.45, 2.75) is 38.5 Å². The molecule has 0 saturated heterocycles. The molecule has 1 saturated carbocycles. The van der Waals surface area contributed by atoms with E-state index in [0.29, 0.717) is 24.3 Å². The van der Waals surface area contributed by atoms with Gasteiger partial charge in [-0.3, -0.25) is 14.5 Å². The van der Waals surface area contributed by atoms with Gasteiger partial charge in [0.05, 0.1) is 12.1 Å². The maximum Gasteiger partial charge on any atom is 0.416 e. The molecule has 2 N–H and O–H groups in total. The zero-order valence-corrected chi connectivity index (χ0v) is 16.6. The number of anilines is 1. The summed E-state index contributed by atoms with van der Waals surface area (Å²) in [5.41, 5.74) is 1.02. The summed E-state index contributed by atoms with van der Waals surface area (Å²) in [6.07, 6.45) is -2.45. The van der Waals surface area contributed by atoms with E-state index in [2.05, 4.69) is 10.6 Å². The van der Waals surface area contributed by atoms with Crippen molar-refractivity contribution in [3.05, 3.63) is 65.2 Å². The number of halogens is 3. The summed E-state index contributed by atoms with van der Waals surface area (Å²) in [4.78, 5) is 26.4. The number of carbonyl (C=O) groups is 2. The molecule has 8 heteroatoms. The fourth-order valence-electron chi connectivity index (χ4n) is 3.17. The van der Waals surface area contributed by atoms with Crippen LogP contribution in [0.4, 0.5) is 18.9 Å². The van der Waals surface area contributed by atoms with Gasteiger partial charge in [0.1, 0.15) is 0 Å². The van der Waals surface area contributed by atoms with Crippen molar-refractivity contribution in [1.29, 1.82) is 0 Å². The van der Waals surface area contributed by atoms with E-state index in [-0.39, 0.29) is 24.4 Å². The van der Waals surface area contributed by atoms with Gasteiger partial charge in [-0.2, -0.15) is 13.2 Å². The first-order valence-corrected chi connectivity index (χ1v) is 9.84. The highest BCUT2D eigenvalue weighted by molar-refractivity contribution is 5.97. The minimum Gasteiger partial charge on any atom is -0.352 e. The van der Waals surface area contributed by atoms with Crippen LogP contribution in [-0.2, 0) is 17.5 Å². The molecule has 0 aromatic heterocycles. The standard InChI is InChI=1S/C22H24F3N3O2/c1-2-26-21(30)16-4-3-5-18(12-16)27-20(29)14-28(19-10-11-19)13-15-6-8-17(9-7-15)22(23,24)25/h3-9,12,19H,2,10-11,13-14H2,1H3,(H,26,30)(H,27,29). The summed E-state index contributed by atoms with van der Waals surface area (Å²) in [6.45, 7) is 2.86. The van der Waals surface area contributed by atoms with Crippen LogP contribution in [0.2, 0.25) is 0 Å². The fraction of sp³-hybridized carbons (Fsp3) is 0.364. The first kappa shape index (κ1) is 21.8. The van der Waals surface area contributed by atoms with Crippen LogP contribution in [-0.4, -0.2) is 35.8 Å². The van der Waals surface area contributed by atoms with E-state index < -0.39 is 11.7 Å². The number of nitrogens with one attached hydrogen (secondary N) is 2. The molecule has 0 bridgehead atoms. The summed E-state index contributed by atoms with van der Waals surface area (Å²) in [6, 6.07) is 12.0. The quantitative estimate of drug-likeness (QED) is 0.679. The largest absolute Gasteiger partial charge is 0.416 e. The van der Waals surface area contributed by atoms with Crippen molar-refractivity contribution in [2.24, 2.45) is 0 Å². The predicted octanol–water partition coefficient (Wildman–Crippen LogP) is 4.06. The van der Waals surface area contributed by atoms with E-state index in [0.717, 1.165) is 30.5 Å². The summed E-state index contributed by atoms with van der Waals surface area (Å²) in [5.74, 6) is -0.447. The topological polar surface area (TPSA) is 61.4 Å². The number of nitrogens with zero attached hydrogens (tertiary/aromatic N) is 1. The second-order valence-electron chi connectivity index (χ2n) is 7.32. The lowest BCUT2D eigenvalue weighted by molar-refractivity contribution is -0.137. The Morgan fingerprint density at radius 1 is 1.10 bits per heavy atom. The summed E-state index contributed by atoms with van der Waals surface area (Å²) in [7, 11) is 0. The molecule has 1 fully saturated rings. The normalized spacial score (nSPS) is 13.9. The van der Waals surface area contributed by atoms with Crippen LogP contribution in [0.15, 0.2) is 48.5 Å². The van der Waals surface area contributed by atoms with Gasteiger partial charge in [-0.1, -0.05) is 18.2 Å². The van der Waals surface area contributed by atoms with Gasteiger partial charge in [0.2, 0.25) is 5.91 Å². The average Bonchev–Trinajstić information content (AvgIpc) is 3.53. The molecular weight excluding hydrogens is 395 g/mol. The zero-order chi connectivity index (χ0) is 21.7. The first-order chi connectivity index (χ1) is 14.3. The lowest BCUT2D eigenvalue weighted by Gasteiger charge is -2.22. The summed E-state index contributed by atoms with van der Waals surface area (Å²) < 4.78 is 38.2. The number of hydrogen-bond donors (Lipinski definition) is 2. The van der Waals surface area contributed by atoms with E-state index in [1.165, 1.54) is 12.1 Å². The molecule has 0 spiro atoms. The molecule has 1 aliphatic rings. The Morgan fingerprint density at radius 2 is 1.80 bits per heavy atom. The van der Waals surface area contributed by atoms with Crippen molar-refractivity contribution < 1.29 is 22.8 Å². The van der Waals surface area contributed by atoms with E-state index in [1.807, 2.05) is 11.8 Å². The van der Waals surface area contributed by atoms with E-state index in [1.54, 1.807) is 24.3 Å².